The highest BCUT2D eigenvalue weighted by molar-refractivity contribution is 5.29. The summed E-state index contributed by atoms with van der Waals surface area (Å²) < 4.78 is 0. The van der Waals surface area contributed by atoms with Crippen LogP contribution < -0.4 is 0 Å². The van der Waals surface area contributed by atoms with E-state index in [0.29, 0.717) is 0 Å². The minimum Gasteiger partial charge on any atom is -0.0848 e. The Labute approximate surface area is 152 Å². The van der Waals surface area contributed by atoms with E-state index >= 15 is 0 Å². The molecule has 15 atom stereocenters. The second kappa shape index (κ2) is 3.68. The molecule has 0 aromatic heterocycles. The molecule has 15 unspecified atom stereocenters. The van der Waals surface area contributed by atoms with Crippen molar-refractivity contribution < 1.29 is 0 Å². The van der Waals surface area contributed by atoms with Crippen molar-refractivity contribution in [3.63, 3.8) is 0 Å². The zero-order chi connectivity index (χ0) is 15.7. The predicted octanol–water partition coefficient (Wildman–Crippen LogP) is 5.40. The highest BCUT2D eigenvalue weighted by Crippen LogP contribution is 2.86. The van der Waals surface area contributed by atoms with E-state index in [1.165, 1.54) is 59.2 Å². The Balaban J connectivity index is 1.33. The van der Waals surface area contributed by atoms with Crippen molar-refractivity contribution in [3.05, 3.63) is 12.2 Å². The van der Waals surface area contributed by atoms with Crippen molar-refractivity contribution in [1.82, 2.24) is 0 Å². The van der Waals surface area contributed by atoms with E-state index in [2.05, 4.69) is 12.2 Å². The lowest BCUT2D eigenvalue weighted by Gasteiger charge is -2.60. The van der Waals surface area contributed by atoms with Gasteiger partial charge in [0.1, 0.15) is 0 Å². The first kappa shape index (κ1) is 13.0. The molecule has 0 heterocycles. The van der Waals surface area contributed by atoms with E-state index in [1.54, 1.807) is 51.4 Å². The van der Waals surface area contributed by atoms with Crippen molar-refractivity contribution >= 4 is 0 Å². The summed E-state index contributed by atoms with van der Waals surface area (Å²) in [7, 11) is 0. The fraction of sp³-hybridized carbons (Fsp3) is 0.920. The van der Waals surface area contributed by atoms with Crippen molar-refractivity contribution in [2.45, 2.75) is 51.4 Å². The van der Waals surface area contributed by atoms with Crippen LogP contribution in [0.15, 0.2) is 12.2 Å². The molecular weight excluding hydrogens is 300 g/mol. The Morgan fingerprint density at radius 3 is 2.48 bits per heavy atom. The molecule has 132 valence electrons. The second-order valence-corrected chi connectivity index (χ2v) is 12.5. The van der Waals surface area contributed by atoms with E-state index in [9.17, 15) is 0 Å². The molecule has 9 aliphatic carbocycles. The Kier molecular flexibility index (Phi) is 1.92. The average Bonchev–Trinajstić information content (AvgIpc) is 3.38. The molecule has 8 bridgehead atoms. The van der Waals surface area contributed by atoms with Crippen molar-refractivity contribution in [2.75, 3.05) is 0 Å². The van der Waals surface area contributed by atoms with Gasteiger partial charge in [0.05, 0.1) is 0 Å². The topological polar surface area (TPSA) is 0 Å². The summed E-state index contributed by atoms with van der Waals surface area (Å²) in [6.07, 6.45) is 18.7. The number of allylic oxidation sites excluding steroid dienone is 2. The van der Waals surface area contributed by atoms with Gasteiger partial charge in [0, 0.05) is 0 Å². The van der Waals surface area contributed by atoms with Gasteiger partial charge in [0.2, 0.25) is 0 Å². The minimum absolute atomic E-state index is 0.869. The van der Waals surface area contributed by atoms with Crippen LogP contribution in [0.3, 0.4) is 0 Å². The highest BCUT2D eigenvalue weighted by Gasteiger charge is 2.80. The molecule has 8 saturated carbocycles. The van der Waals surface area contributed by atoms with Gasteiger partial charge in [-0.3, -0.25) is 0 Å². The van der Waals surface area contributed by atoms with Crippen LogP contribution >= 0.6 is 0 Å². The Morgan fingerprint density at radius 2 is 1.48 bits per heavy atom. The zero-order valence-electron chi connectivity index (χ0n) is 15.4. The van der Waals surface area contributed by atoms with Gasteiger partial charge in [-0.25, -0.2) is 0 Å². The molecule has 9 aliphatic rings. The average molecular weight is 333 g/mol. The molecule has 0 aromatic rings. The SMILES string of the molecule is C1=CC2CC1C1CCC3CC4C5C6CC(C35)C3C5CCC(C5)(C4C21)C63. The zero-order valence-corrected chi connectivity index (χ0v) is 15.4. The first-order valence-electron chi connectivity index (χ1n) is 12.0. The third kappa shape index (κ3) is 1.11. The molecule has 0 amide bonds. The van der Waals surface area contributed by atoms with Crippen LogP contribution in [0, 0.1) is 88.3 Å². The Hall–Kier alpha value is -0.260. The van der Waals surface area contributed by atoms with Crippen molar-refractivity contribution in [1.29, 1.82) is 0 Å². The van der Waals surface area contributed by atoms with E-state index in [-0.39, 0.29) is 0 Å². The van der Waals surface area contributed by atoms with E-state index < -0.39 is 0 Å². The molecular formula is C25H32. The molecule has 0 N–H and O–H groups in total. The fourth-order valence-corrected chi connectivity index (χ4v) is 13.3. The van der Waals surface area contributed by atoms with Crippen LogP contribution in [-0.2, 0) is 0 Å². The number of rotatable bonds is 0. The molecule has 0 radical (unpaired) electrons. The number of hydrogen-bond acceptors (Lipinski definition) is 0. The van der Waals surface area contributed by atoms with Crippen LogP contribution in [0.1, 0.15) is 51.4 Å². The largest absolute Gasteiger partial charge is 0.0848 e. The van der Waals surface area contributed by atoms with Gasteiger partial charge in [-0.1, -0.05) is 12.2 Å². The van der Waals surface area contributed by atoms with Crippen LogP contribution in [0.4, 0.5) is 0 Å². The quantitative estimate of drug-likeness (QED) is 0.521. The van der Waals surface area contributed by atoms with Crippen LogP contribution in [-0.4, -0.2) is 0 Å². The van der Waals surface area contributed by atoms with Gasteiger partial charge in [-0.15, -0.1) is 0 Å². The lowest BCUT2D eigenvalue weighted by atomic mass is 9.44. The minimum atomic E-state index is 0.869. The third-order valence-corrected chi connectivity index (χ3v) is 12.9. The van der Waals surface area contributed by atoms with E-state index in [4.69, 9.17) is 0 Å². The highest BCUT2D eigenvalue weighted by atomic mass is 14.8. The first-order valence-corrected chi connectivity index (χ1v) is 12.0. The molecule has 0 aromatic carbocycles. The second-order valence-electron chi connectivity index (χ2n) is 12.5. The van der Waals surface area contributed by atoms with Crippen LogP contribution in [0.2, 0.25) is 0 Å². The summed E-state index contributed by atoms with van der Waals surface area (Å²) in [4.78, 5) is 0. The molecule has 9 rings (SSSR count). The molecule has 8 fully saturated rings. The first-order chi connectivity index (χ1) is 12.4. The van der Waals surface area contributed by atoms with E-state index in [1.807, 2.05) is 0 Å². The Morgan fingerprint density at radius 1 is 0.600 bits per heavy atom. The standard InChI is InChI=1S/C25H32/c1-2-12-7-11(1)15-4-3-13-8-17-22-18-9-16(19(13)22)21-14-5-6-25(10-14,24(18)21)23(17)20(12)15/h1-2,11-24H,3-10H2. The molecule has 0 nitrogen and oxygen atoms in total. The molecule has 0 aliphatic heterocycles. The Bertz CT molecular complexity index is 720. The number of fused-ring (bicyclic) bond motifs is 13. The summed E-state index contributed by atoms with van der Waals surface area (Å²) in [5.41, 5.74) is 0.869. The summed E-state index contributed by atoms with van der Waals surface area (Å²) in [6.45, 7) is 0. The molecule has 0 heteroatoms. The van der Waals surface area contributed by atoms with Crippen LogP contribution in [0.5, 0.6) is 0 Å². The monoisotopic (exact) mass is 332 g/mol. The van der Waals surface area contributed by atoms with Gasteiger partial charge >= 0.3 is 0 Å². The molecule has 1 spiro atoms. The fourth-order valence-electron chi connectivity index (χ4n) is 13.3. The summed E-state index contributed by atoms with van der Waals surface area (Å²) in [5, 5.41) is 0. The molecule has 25 heavy (non-hydrogen) atoms. The maximum absolute atomic E-state index is 2.72. The van der Waals surface area contributed by atoms with Crippen LogP contribution in [0.25, 0.3) is 0 Å². The van der Waals surface area contributed by atoms with Gasteiger partial charge < -0.3 is 0 Å². The van der Waals surface area contributed by atoms with Gasteiger partial charge in [-0.05, 0) is 140 Å². The predicted molar refractivity (Wildman–Crippen MR) is 97.4 cm³/mol. The maximum Gasteiger partial charge on any atom is -0.0194 e. The lowest BCUT2D eigenvalue weighted by molar-refractivity contribution is -0.127. The van der Waals surface area contributed by atoms with E-state index in [0.717, 1.165) is 29.1 Å². The smallest absolute Gasteiger partial charge is 0.0194 e. The maximum atomic E-state index is 2.72. The van der Waals surface area contributed by atoms with Gasteiger partial charge in [-0.2, -0.15) is 0 Å². The van der Waals surface area contributed by atoms with Crippen molar-refractivity contribution in [2.24, 2.45) is 88.3 Å². The summed E-state index contributed by atoms with van der Waals surface area (Å²) in [5.74, 6) is 16.4. The summed E-state index contributed by atoms with van der Waals surface area (Å²) in [6, 6.07) is 0. The number of hydrogen-bond donors (Lipinski definition) is 0. The summed E-state index contributed by atoms with van der Waals surface area (Å²) >= 11 is 0. The van der Waals surface area contributed by atoms with Crippen molar-refractivity contribution in [3.8, 4) is 0 Å². The van der Waals surface area contributed by atoms with Gasteiger partial charge in [0.15, 0.2) is 0 Å². The third-order valence-electron chi connectivity index (χ3n) is 12.9. The molecule has 0 saturated heterocycles. The normalized spacial score (nSPS) is 77.1. The lowest BCUT2D eigenvalue weighted by Crippen LogP contribution is -2.56. The van der Waals surface area contributed by atoms with Gasteiger partial charge in [0.25, 0.3) is 0 Å².